The van der Waals surface area contributed by atoms with Crippen molar-refractivity contribution in [3.63, 3.8) is 0 Å². The molecule has 0 saturated heterocycles. The molecule has 1 atom stereocenters. The molecule has 0 radical (unpaired) electrons. The Kier molecular flexibility index (Phi) is 6.90. The summed E-state index contributed by atoms with van der Waals surface area (Å²) in [5.41, 5.74) is 9.00. The summed E-state index contributed by atoms with van der Waals surface area (Å²) < 4.78 is 41.8. The predicted octanol–water partition coefficient (Wildman–Crippen LogP) is 2.74. The molecule has 1 unspecified atom stereocenters. The number of sulfonamides is 1. The summed E-state index contributed by atoms with van der Waals surface area (Å²) >= 11 is 0. The molecule has 0 aliphatic carbocycles. The van der Waals surface area contributed by atoms with E-state index in [4.69, 9.17) is 5.73 Å². The van der Waals surface area contributed by atoms with Crippen molar-refractivity contribution >= 4 is 21.1 Å². The number of allylic oxidation sites excluding steroid dienone is 1. The lowest BCUT2D eigenvalue weighted by atomic mass is 10.0. The number of hydrogen-bond acceptors (Lipinski definition) is 5. The minimum Gasteiger partial charge on any atom is -0.387 e. The summed E-state index contributed by atoms with van der Waals surface area (Å²) in [5, 5.41) is 10.5. The molecule has 2 heterocycles. The summed E-state index contributed by atoms with van der Waals surface area (Å²) in [4.78, 5) is 4.67. The molecule has 31 heavy (non-hydrogen) atoms. The van der Waals surface area contributed by atoms with Crippen LogP contribution in [0.25, 0.3) is 11.0 Å². The van der Waals surface area contributed by atoms with Crippen molar-refractivity contribution in [1.82, 2.24) is 13.9 Å². The number of nitrogens with zero attached hydrogens (tertiary/aromatic N) is 3. The van der Waals surface area contributed by atoms with Gasteiger partial charge >= 0.3 is 0 Å². The second-order valence-corrected chi connectivity index (χ2v) is 9.64. The van der Waals surface area contributed by atoms with Gasteiger partial charge in [-0.15, -0.1) is 0 Å². The van der Waals surface area contributed by atoms with E-state index in [1.54, 1.807) is 48.0 Å². The Morgan fingerprint density at radius 1 is 1.29 bits per heavy atom. The van der Waals surface area contributed by atoms with Crippen molar-refractivity contribution in [1.29, 1.82) is 0 Å². The number of fused-ring (bicyclic) bond motifs is 1. The first kappa shape index (κ1) is 23.1. The van der Waals surface area contributed by atoms with E-state index in [1.165, 1.54) is 20.2 Å². The molecule has 2 aromatic heterocycles. The minimum absolute atomic E-state index is 0.0559. The molecule has 1 aromatic carbocycles. The van der Waals surface area contributed by atoms with Crippen molar-refractivity contribution in [2.45, 2.75) is 30.9 Å². The molecule has 7 nitrogen and oxygen atoms in total. The van der Waals surface area contributed by atoms with Crippen molar-refractivity contribution in [3.8, 4) is 0 Å². The van der Waals surface area contributed by atoms with E-state index in [2.05, 4.69) is 4.98 Å². The number of rotatable bonds is 8. The molecule has 0 fully saturated rings. The van der Waals surface area contributed by atoms with Crippen LogP contribution in [0, 0.1) is 0 Å². The van der Waals surface area contributed by atoms with Gasteiger partial charge in [0.05, 0.1) is 34.3 Å². The Morgan fingerprint density at radius 2 is 1.97 bits per heavy atom. The highest BCUT2D eigenvalue weighted by Crippen LogP contribution is 2.32. The normalized spacial score (nSPS) is 13.8. The van der Waals surface area contributed by atoms with Crippen LogP contribution in [0.2, 0.25) is 0 Å². The second kappa shape index (κ2) is 9.27. The molecule has 3 rings (SSSR count). The maximum absolute atomic E-state index is 14.3. The zero-order chi connectivity index (χ0) is 22.8. The number of hydrogen-bond donors (Lipinski definition) is 2. The lowest BCUT2D eigenvalue weighted by Gasteiger charge is -2.14. The first-order chi connectivity index (χ1) is 14.7. The standard InChI is InChI=1S/C22H27FN4O3S/c1-15(28)22-19(13-16-6-8-18(9-7-16)31(29,30)26(2)3)21-20(5-4-12-25-21)27(22)14-17(23)10-11-24/h4-10,12,15,28H,11,13-14,24H2,1-3H3. The fourth-order valence-corrected chi connectivity index (χ4v) is 4.52. The van der Waals surface area contributed by atoms with E-state index in [0.29, 0.717) is 23.1 Å². The highest BCUT2D eigenvalue weighted by Gasteiger charge is 2.23. The minimum atomic E-state index is -3.52. The van der Waals surface area contributed by atoms with Gasteiger partial charge in [-0.05, 0) is 42.8 Å². The van der Waals surface area contributed by atoms with Crippen LogP contribution in [0.3, 0.4) is 0 Å². The molecule has 0 spiro atoms. The summed E-state index contributed by atoms with van der Waals surface area (Å²) in [6.45, 7) is 1.66. The smallest absolute Gasteiger partial charge is 0.242 e. The Bertz CT molecular complexity index is 1200. The SMILES string of the molecule is CC(O)c1c(Cc2ccc(S(=O)(=O)N(C)C)cc2)c2ncccc2n1CC(F)=CCN. The van der Waals surface area contributed by atoms with Gasteiger partial charge < -0.3 is 15.4 Å². The average Bonchev–Trinajstić information content (AvgIpc) is 3.02. The number of halogens is 1. The van der Waals surface area contributed by atoms with Crippen molar-refractivity contribution < 1.29 is 17.9 Å². The first-order valence-electron chi connectivity index (χ1n) is 9.87. The highest BCUT2D eigenvalue weighted by atomic mass is 32.2. The third-order valence-electron chi connectivity index (χ3n) is 5.09. The molecule has 0 aliphatic rings. The topological polar surface area (TPSA) is 101 Å². The molecule has 0 aliphatic heterocycles. The van der Waals surface area contributed by atoms with E-state index >= 15 is 0 Å². The Morgan fingerprint density at radius 3 is 2.55 bits per heavy atom. The molecule has 166 valence electrons. The Labute approximate surface area is 181 Å². The van der Waals surface area contributed by atoms with Crippen LogP contribution < -0.4 is 5.73 Å². The van der Waals surface area contributed by atoms with E-state index in [9.17, 15) is 17.9 Å². The summed E-state index contributed by atoms with van der Waals surface area (Å²) in [6.07, 6.45) is 2.51. The zero-order valence-corrected chi connectivity index (χ0v) is 18.6. The lowest BCUT2D eigenvalue weighted by molar-refractivity contribution is 0.189. The number of aliphatic hydroxyl groups excluding tert-OH is 1. The van der Waals surface area contributed by atoms with Gasteiger partial charge in [-0.25, -0.2) is 17.1 Å². The molecule has 3 N–H and O–H groups in total. The maximum Gasteiger partial charge on any atom is 0.242 e. The number of pyridine rings is 1. The van der Waals surface area contributed by atoms with Gasteiger partial charge in [0.2, 0.25) is 10.0 Å². The molecule has 9 heteroatoms. The van der Waals surface area contributed by atoms with Gasteiger partial charge in [0.15, 0.2) is 0 Å². The zero-order valence-electron chi connectivity index (χ0n) is 17.8. The monoisotopic (exact) mass is 446 g/mol. The van der Waals surface area contributed by atoms with Crippen LogP contribution in [0.1, 0.15) is 29.8 Å². The molecule has 0 bridgehead atoms. The van der Waals surface area contributed by atoms with Crippen LogP contribution in [0.15, 0.2) is 59.4 Å². The van der Waals surface area contributed by atoms with Gasteiger partial charge in [0, 0.05) is 38.8 Å². The largest absolute Gasteiger partial charge is 0.387 e. The van der Waals surface area contributed by atoms with Crippen LogP contribution in [0.5, 0.6) is 0 Å². The fourth-order valence-electron chi connectivity index (χ4n) is 3.62. The van der Waals surface area contributed by atoms with Crippen LogP contribution >= 0.6 is 0 Å². The first-order valence-corrected chi connectivity index (χ1v) is 11.3. The quantitative estimate of drug-likeness (QED) is 0.554. The Balaban J connectivity index is 2.08. The van der Waals surface area contributed by atoms with Crippen molar-refractivity contribution in [2.24, 2.45) is 5.73 Å². The van der Waals surface area contributed by atoms with Gasteiger partial charge in [-0.2, -0.15) is 0 Å². The molecule has 0 amide bonds. The van der Waals surface area contributed by atoms with Gasteiger partial charge in [-0.3, -0.25) is 4.98 Å². The predicted molar refractivity (Wildman–Crippen MR) is 119 cm³/mol. The molecular weight excluding hydrogens is 419 g/mol. The second-order valence-electron chi connectivity index (χ2n) is 7.49. The highest BCUT2D eigenvalue weighted by molar-refractivity contribution is 7.89. The van der Waals surface area contributed by atoms with E-state index in [1.807, 2.05) is 6.07 Å². The maximum atomic E-state index is 14.3. The Hall–Kier alpha value is -2.59. The summed E-state index contributed by atoms with van der Waals surface area (Å²) in [5.74, 6) is -0.394. The van der Waals surface area contributed by atoms with Gasteiger partial charge in [0.25, 0.3) is 0 Å². The summed E-state index contributed by atoms with van der Waals surface area (Å²) in [7, 11) is -0.553. The van der Waals surface area contributed by atoms with E-state index in [-0.39, 0.29) is 18.0 Å². The lowest BCUT2D eigenvalue weighted by Crippen LogP contribution is -2.22. The molecule has 0 saturated carbocycles. The van der Waals surface area contributed by atoms with Crippen LogP contribution in [0.4, 0.5) is 4.39 Å². The summed E-state index contributed by atoms with van der Waals surface area (Å²) in [6, 6.07) is 10.2. The number of aliphatic hydroxyl groups is 1. The van der Waals surface area contributed by atoms with E-state index in [0.717, 1.165) is 15.4 Å². The van der Waals surface area contributed by atoms with Crippen LogP contribution in [-0.2, 0) is 23.0 Å². The molecule has 3 aromatic rings. The van der Waals surface area contributed by atoms with Gasteiger partial charge in [0.1, 0.15) is 5.83 Å². The number of aromatic nitrogens is 2. The number of benzene rings is 1. The van der Waals surface area contributed by atoms with Crippen molar-refractivity contribution in [3.05, 3.63) is 71.3 Å². The fraction of sp³-hybridized carbons (Fsp3) is 0.318. The average molecular weight is 447 g/mol. The molecular formula is C22H27FN4O3S. The third-order valence-corrected chi connectivity index (χ3v) is 6.92. The third kappa shape index (κ3) is 4.69. The van der Waals surface area contributed by atoms with Gasteiger partial charge in [-0.1, -0.05) is 12.1 Å². The van der Waals surface area contributed by atoms with Crippen LogP contribution in [-0.4, -0.2) is 48.0 Å². The number of nitrogens with two attached hydrogens (primary N) is 1. The van der Waals surface area contributed by atoms with E-state index < -0.39 is 22.0 Å². The van der Waals surface area contributed by atoms with Crippen molar-refractivity contribution in [2.75, 3.05) is 20.6 Å².